The fourth-order valence-electron chi connectivity index (χ4n) is 4.72. The highest BCUT2D eigenvalue weighted by Crippen LogP contribution is 2.41. The van der Waals surface area contributed by atoms with Crippen molar-refractivity contribution in [1.82, 2.24) is 20.5 Å². The van der Waals surface area contributed by atoms with Gasteiger partial charge in [-0.3, -0.25) is 14.4 Å². The minimum Gasteiger partial charge on any atom is -0.350 e. The fourth-order valence-corrected chi connectivity index (χ4v) is 6.62. The van der Waals surface area contributed by atoms with Crippen molar-refractivity contribution in [1.29, 1.82) is 0 Å². The summed E-state index contributed by atoms with van der Waals surface area (Å²) in [6.45, 7) is 10.8. The summed E-state index contributed by atoms with van der Waals surface area (Å²) in [5.41, 5.74) is 2.98. The number of thiazole rings is 1. The highest BCUT2D eigenvalue weighted by atomic mass is 32.2. The molecule has 0 bridgehead atoms. The molecule has 1 aliphatic heterocycles. The third-order valence-corrected chi connectivity index (χ3v) is 10.2. The molecule has 0 radical (unpaired) electrons. The molecule has 2 fully saturated rings. The molecule has 10 heteroatoms. The van der Waals surface area contributed by atoms with Crippen molar-refractivity contribution in [2.24, 2.45) is 5.92 Å². The van der Waals surface area contributed by atoms with Gasteiger partial charge in [-0.05, 0) is 69.3 Å². The van der Waals surface area contributed by atoms with Crippen LogP contribution in [0.2, 0.25) is 0 Å². The molecule has 2 heterocycles. The minimum absolute atomic E-state index is 0.179. The molecule has 1 aromatic heterocycles. The molecule has 1 aromatic carbocycles. The molecule has 2 unspecified atom stereocenters. The second-order valence-electron chi connectivity index (χ2n) is 11.6. The first-order valence-corrected chi connectivity index (χ1v) is 15.5. The Morgan fingerprint density at radius 3 is 2.51 bits per heavy atom. The van der Waals surface area contributed by atoms with E-state index in [9.17, 15) is 18.8 Å². The van der Waals surface area contributed by atoms with Gasteiger partial charge in [0.2, 0.25) is 11.8 Å². The molecule has 2 atom stereocenters. The number of thioether (sulfide) groups is 1. The predicted molar refractivity (Wildman–Crippen MR) is 155 cm³/mol. The third kappa shape index (κ3) is 7.01. The Morgan fingerprint density at radius 1 is 1.23 bits per heavy atom. The van der Waals surface area contributed by atoms with Crippen LogP contribution in [0.25, 0.3) is 10.4 Å². The maximum atomic E-state index is 14.6. The summed E-state index contributed by atoms with van der Waals surface area (Å²) in [5, 5.41) is 5.73. The number of aryl methyl sites for hydroxylation is 1. The van der Waals surface area contributed by atoms with E-state index >= 15 is 0 Å². The van der Waals surface area contributed by atoms with Crippen LogP contribution in [0.15, 0.2) is 29.8 Å². The van der Waals surface area contributed by atoms with Crippen molar-refractivity contribution in [2.45, 2.75) is 89.3 Å². The number of hydrogen-bond acceptors (Lipinski definition) is 6. The van der Waals surface area contributed by atoms with E-state index in [2.05, 4.69) is 29.5 Å². The van der Waals surface area contributed by atoms with Gasteiger partial charge in [-0.1, -0.05) is 38.1 Å². The lowest BCUT2D eigenvalue weighted by Crippen LogP contribution is -2.61. The number of nitrogens with zero attached hydrogens (tertiary/aromatic N) is 2. The van der Waals surface area contributed by atoms with Crippen molar-refractivity contribution in [3.05, 3.63) is 41.0 Å². The maximum Gasteiger partial charge on any atom is 0.258 e. The first-order valence-electron chi connectivity index (χ1n) is 13.6. The van der Waals surface area contributed by atoms with Crippen molar-refractivity contribution >= 4 is 40.8 Å². The average molecular weight is 575 g/mol. The van der Waals surface area contributed by atoms with Gasteiger partial charge in [0.15, 0.2) is 5.67 Å². The van der Waals surface area contributed by atoms with Gasteiger partial charge in [0, 0.05) is 17.8 Å². The average Bonchev–Trinajstić information content (AvgIpc) is 3.28. The largest absolute Gasteiger partial charge is 0.350 e. The summed E-state index contributed by atoms with van der Waals surface area (Å²) >= 11 is 3.18. The Hall–Kier alpha value is -2.46. The first kappa shape index (κ1) is 29.5. The molecule has 39 heavy (non-hydrogen) atoms. The number of halogens is 1. The lowest BCUT2D eigenvalue weighted by Gasteiger charge is -2.38. The number of alkyl halides is 1. The number of hydrogen-bond donors (Lipinski definition) is 2. The molecule has 1 saturated heterocycles. The standard InChI is InChI=1S/C29H39FN4O3S2/c1-18(2)16-39-28(4,5)24(33-27(37)29(30)12-13-29)26(36)34-14-6-7-22(34)25(35)31-15-20-8-10-21(11-9-20)23-19(3)32-17-38-23/h8-11,17-18,22,24H,6-7,12-16H2,1-5H3,(H,31,35)(H,33,37). The van der Waals surface area contributed by atoms with Gasteiger partial charge in [0.1, 0.15) is 12.1 Å². The Bertz CT molecular complexity index is 1190. The molecule has 3 amide bonds. The van der Waals surface area contributed by atoms with Crippen LogP contribution in [0.1, 0.15) is 64.6 Å². The summed E-state index contributed by atoms with van der Waals surface area (Å²) in [7, 11) is 0. The first-order chi connectivity index (χ1) is 18.4. The highest BCUT2D eigenvalue weighted by molar-refractivity contribution is 8.00. The molecule has 7 nitrogen and oxygen atoms in total. The monoisotopic (exact) mass is 574 g/mol. The van der Waals surface area contributed by atoms with Crippen LogP contribution in [-0.4, -0.2) is 62.4 Å². The number of amides is 3. The van der Waals surface area contributed by atoms with Gasteiger partial charge in [-0.15, -0.1) is 11.3 Å². The quantitative estimate of drug-likeness (QED) is 0.399. The zero-order chi connectivity index (χ0) is 28.4. The van der Waals surface area contributed by atoms with Crippen LogP contribution in [0.5, 0.6) is 0 Å². The lowest BCUT2D eigenvalue weighted by atomic mass is 10.00. The van der Waals surface area contributed by atoms with E-state index in [1.54, 1.807) is 28.0 Å². The second kappa shape index (κ2) is 12.0. The number of carbonyl (C=O) groups is 3. The molecule has 2 aromatic rings. The summed E-state index contributed by atoms with van der Waals surface area (Å²) < 4.78 is 13.9. The van der Waals surface area contributed by atoms with Crippen LogP contribution in [-0.2, 0) is 20.9 Å². The van der Waals surface area contributed by atoms with E-state index in [0.717, 1.165) is 27.5 Å². The normalized spacial score (nSPS) is 19.2. The summed E-state index contributed by atoms with van der Waals surface area (Å²) in [5.74, 6) is -0.0854. The summed E-state index contributed by atoms with van der Waals surface area (Å²) in [4.78, 5) is 46.8. The van der Waals surface area contributed by atoms with E-state index < -0.39 is 28.4 Å². The smallest absolute Gasteiger partial charge is 0.258 e. The van der Waals surface area contributed by atoms with Gasteiger partial charge in [0.05, 0.1) is 16.1 Å². The molecule has 2 aliphatic rings. The topological polar surface area (TPSA) is 91.4 Å². The van der Waals surface area contributed by atoms with E-state index in [1.165, 1.54) is 0 Å². The van der Waals surface area contributed by atoms with Crippen LogP contribution >= 0.6 is 23.1 Å². The fraction of sp³-hybridized carbons (Fsp3) is 0.586. The number of likely N-dealkylation sites (tertiary alicyclic amines) is 1. The SMILES string of the molecule is Cc1ncsc1-c1ccc(CNC(=O)C2CCCN2C(=O)C(NC(=O)C2(F)CC2)C(C)(C)SCC(C)C)cc1. The lowest BCUT2D eigenvalue weighted by molar-refractivity contribution is -0.143. The number of rotatable bonds is 11. The maximum absolute atomic E-state index is 14.6. The van der Waals surface area contributed by atoms with Gasteiger partial charge in [-0.25, -0.2) is 9.37 Å². The van der Waals surface area contributed by atoms with Crippen LogP contribution in [0.3, 0.4) is 0 Å². The van der Waals surface area contributed by atoms with E-state index in [-0.39, 0.29) is 24.7 Å². The molecule has 1 aliphatic carbocycles. The van der Waals surface area contributed by atoms with Gasteiger partial charge >= 0.3 is 0 Å². The van der Waals surface area contributed by atoms with Crippen molar-refractivity contribution in [2.75, 3.05) is 12.3 Å². The molecular formula is C29H39FN4O3S2. The zero-order valence-electron chi connectivity index (χ0n) is 23.4. The van der Waals surface area contributed by atoms with E-state index in [1.807, 2.05) is 50.5 Å². The number of aromatic nitrogens is 1. The molecule has 0 spiro atoms. The Morgan fingerprint density at radius 2 is 1.92 bits per heavy atom. The second-order valence-corrected chi connectivity index (χ2v) is 14.1. The van der Waals surface area contributed by atoms with E-state index in [0.29, 0.717) is 31.8 Å². The number of carbonyl (C=O) groups excluding carboxylic acids is 3. The van der Waals surface area contributed by atoms with Crippen molar-refractivity contribution < 1.29 is 18.8 Å². The Kier molecular flexibility index (Phi) is 9.05. The Balaban J connectivity index is 1.43. The van der Waals surface area contributed by atoms with Crippen LogP contribution < -0.4 is 10.6 Å². The predicted octanol–water partition coefficient (Wildman–Crippen LogP) is 4.88. The van der Waals surface area contributed by atoms with Crippen molar-refractivity contribution in [3.63, 3.8) is 0 Å². The molecule has 4 rings (SSSR count). The van der Waals surface area contributed by atoms with E-state index in [4.69, 9.17) is 0 Å². The van der Waals surface area contributed by atoms with Gasteiger partial charge < -0.3 is 15.5 Å². The number of benzene rings is 1. The minimum atomic E-state index is -1.88. The number of nitrogens with one attached hydrogen (secondary N) is 2. The van der Waals surface area contributed by atoms with Gasteiger partial charge in [0.25, 0.3) is 5.91 Å². The molecule has 212 valence electrons. The summed E-state index contributed by atoms with van der Waals surface area (Å²) in [6.07, 6.45) is 1.60. The highest BCUT2D eigenvalue weighted by Gasteiger charge is 2.53. The molecule has 1 saturated carbocycles. The zero-order valence-corrected chi connectivity index (χ0v) is 25.0. The van der Waals surface area contributed by atoms with Crippen LogP contribution in [0, 0.1) is 12.8 Å². The third-order valence-electron chi connectivity index (χ3n) is 7.37. The van der Waals surface area contributed by atoms with Crippen molar-refractivity contribution in [3.8, 4) is 10.4 Å². The molecule has 2 N–H and O–H groups in total. The molecular weight excluding hydrogens is 535 g/mol. The van der Waals surface area contributed by atoms with Gasteiger partial charge in [-0.2, -0.15) is 11.8 Å². The van der Waals surface area contributed by atoms with Crippen LogP contribution in [0.4, 0.5) is 4.39 Å². The Labute approximate surface area is 238 Å². The summed E-state index contributed by atoms with van der Waals surface area (Å²) in [6, 6.07) is 6.46.